The van der Waals surface area contributed by atoms with Crippen LogP contribution in [-0.2, 0) is 22.6 Å². The number of carbonyl (C=O) groups excluding carboxylic acids is 2. The first kappa shape index (κ1) is 25.8. The highest BCUT2D eigenvalue weighted by Gasteiger charge is 2.30. The molecule has 0 fully saturated rings. The standard InChI is InChI=1S/C29H34N2O4/c1-5-30-29(33)26(18-23-12-7-6-8-13-23)31(19-24-14-10-15-25(17-24)34-4)28(32)20-35-27-16-9-11-21(2)22(27)3/h6-17,26H,5,18-20H2,1-4H3,(H,30,33). The normalized spacial score (nSPS) is 11.4. The minimum absolute atomic E-state index is 0.168. The van der Waals surface area contributed by atoms with E-state index >= 15 is 0 Å². The van der Waals surface area contributed by atoms with Crippen molar-refractivity contribution in [2.24, 2.45) is 0 Å². The van der Waals surface area contributed by atoms with E-state index in [9.17, 15) is 9.59 Å². The van der Waals surface area contributed by atoms with E-state index in [0.29, 0.717) is 24.5 Å². The molecule has 2 amide bonds. The Morgan fingerprint density at radius 1 is 0.943 bits per heavy atom. The zero-order valence-corrected chi connectivity index (χ0v) is 20.9. The van der Waals surface area contributed by atoms with Crippen molar-refractivity contribution in [3.8, 4) is 11.5 Å². The fraction of sp³-hybridized carbons (Fsp3) is 0.310. The summed E-state index contributed by atoms with van der Waals surface area (Å²) in [4.78, 5) is 28.4. The van der Waals surface area contributed by atoms with Gasteiger partial charge in [0.2, 0.25) is 5.91 Å². The highest BCUT2D eigenvalue weighted by atomic mass is 16.5. The van der Waals surface area contributed by atoms with Gasteiger partial charge in [0.1, 0.15) is 17.5 Å². The van der Waals surface area contributed by atoms with Crippen molar-refractivity contribution < 1.29 is 19.1 Å². The van der Waals surface area contributed by atoms with Gasteiger partial charge in [0.25, 0.3) is 5.91 Å². The van der Waals surface area contributed by atoms with Gasteiger partial charge in [-0.1, -0.05) is 54.6 Å². The third-order valence-electron chi connectivity index (χ3n) is 6.02. The fourth-order valence-corrected chi connectivity index (χ4v) is 3.92. The maximum absolute atomic E-state index is 13.6. The van der Waals surface area contributed by atoms with Crippen LogP contribution in [0.2, 0.25) is 0 Å². The number of carbonyl (C=O) groups is 2. The molecular weight excluding hydrogens is 440 g/mol. The number of methoxy groups -OCH3 is 1. The Bertz CT molecular complexity index is 1130. The second-order valence-corrected chi connectivity index (χ2v) is 8.46. The molecule has 0 aromatic heterocycles. The molecule has 0 saturated heterocycles. The highest BCUT2D eigenvalue weighted by molar-refractivity contribution is 5.88. The summed E-state index contributed by atoms with van der Waals surface area (Å²) in [5.41, 5.74) is 3.92. The predicted octanol–water partition coefficient (Wildman–Crippen LogP) is 4.47. The molecule has 184 valence electrons. The molecule has 0 bridgehead atoms. The first-order valence-corrected chi connectivity index (χ1v) is 11.9. The lowest BCUT2D eigenvalue weighted by Gasteiger charge is -2.31. The number of benzene rings is 3. The van der Waals surface area contributed by atoms with Crippen LogP contribution in [0, 0.1) is 13.8 Å². The molecule has 6 nitrogen and oxygen atoms in total. The molecular formula is C29H34N2O4. The first-order valence-electron chi connectivity index (χ1n) is 11.9. The molecule has 0 aliphatic heterocycles. The minimum atomic E-state index is -0.696. The summed E-state index contributed by atoms with van der Waals surface area (Å²) in [6.45, 7) is 6.40. The number of rotatable bonds is 11. The fourth-order valence-electron chi connectivity index (χ4n) is 3.92. The number of likely N-dealkylation sites (N-methyl/N-ethyl adjacent to an activating group) is 1. The van der Waals surface area contributed by atoms with E-state index in [0.717, 1.165) is 22.3 Å². The van der Waals surface area contributed by atoms with E-state index in [2.05, 4.69) is 5.32 Å². The quantitative estimate of drug-likeness (QED) is 0.445. The molecule has 35 heavy (non-hydrogen) atoms. The Balaban J connectivity index is 1.92. The molecule has 3 aromatic rings. The van der Waals surface area contributed by atoms with Crippen LogP contribution in [0.5, 0.6) is 11.5 Å². The van der Waals surface area contributed by atoms with Gasteiger partial charge in [0, 0.05) is 19.5 Å². The molecule has 0 saturated carbocycles. The van der Waals surface area contributed by atoms with E-state index in [1.165, 1.54) is 0 Å². The van der Waals surface area contributed by atoms with Crippen LogP contribution >= 0.6 is 0 Å². The topological polar surface area (TPSA) is 67.9 Å². The van der Waals surface area contributed by atoms with Gasteiger partial charge in [-0.15, -0.1) is 0 Å². The molecule has 0 radical (unpaired) electrons. The zero-order valence-electron chi connectivity index (χ0n) is 20.9. The summed E-state index contributed by atoms with van der Waals surface area (Å²) in [7, 11) is 1.60. The Morgan fingerprint density at radius 2 is 1.66 bits per heavy atom. The molecule has 3 aromatic carbocycles. The van der Waals surface area contributed by atoms with E-state index in [1.54, 1.807) is 12.0 Å². The Labute approximate surface area is 207 Å². The molecule has 0 aliphatic rings. The van der Waals surface area contributed by atoms with Gasteiger partial charge in [0.15, 0.2) is 6.61 Å². The predicted molar refractivity (Wildman–Crippen MR) is 138 cm³/mol. The molecule has 1 N–H and O–H groups in total. The van der Waals surface area contributed by atoms with E-state index < -0.39 is 6.04 Å². The lowest BCUT2D eigenvalue weighted by Crippen LogP contribution is -2.51. The van der Waals surface area contributed by atoms with Gasteiger partial charge in [-0.25, -0.2) is 0 Å². The van der Waals surface area contributed by atoms with Crippen LogP contribution in [-0.4, -0.2) is 43.0 Å². The molecule has 0 aliphatic carbocycles. The summed E-state index contributed by atoms with van der Waals surface area (Å²) in [6.07, 6.45) is 0.395. The Kier molecular flexibility index (Phi) is 9.30. The van der Waals surface area contributed by atoms with Crippen LogP contribution in [0.3, 0.4) is 0 Å². The molecule has 0 spiro atoms. The van der Waals surface area contributed by atoms with Crippen molar-refractivity contribution in [2.45, 2.75) is 39.8 Å². The number of hydrogen-bond acceptors (Lipinski definition) is 4. The highest BCUT2D eigenvalue weighted by Crippen LogP contribution is 2.22. The van der Waals surface area contributed by atoms with Gasteiger partial charge >= 0.3 is 0 Å². The summed E-state index contributed by atoms with van der Waals surface area (Å²) < 4.78 is 11.3. The van der Waals surface area contributed by atoms with E-state index in [1.807, 2.05) is 93.6 Å². The van der Waals surface area contributed by atoms with E-state index in [-0.39, 0.29) is 25.0 Å². The van der Waals surface area contributed by atoms with Crippen molar-refractivity contribution in [1.29, 1.82) is 0 Å². The third kappa shape index (κ3) is 7.09. The van der Waals surface area contributed by atoms with Gasteiger partial charge in [0.05, 0.1) is 7.11 Å². The summed E-state index contributed by atoms with van der Waals surface area (Å²) in [6, 6.07) is 22.3. The number of ether oxygens (including phenoxy) is 2. The Morgan fingerprint density at radius 3 is 2.37 bits per heavy atom. The number of nitrogens with one attached hydrogen (secondary N) is 1. The second-order valence-electron chi connectivity index (χ2n) is 8.46. The molecule has 1 atom stereocenters. The lowest BCUT2D eigenvalue weighted by atomic mass is 10.0. The first-order chi connectivity index (χ1) is 16.9. The second kappa shape index (κ2) is 12.6. The van der Waals surface area contributed by atoms with Crippen molar-refractivity contribution in [1.82, 2.24) is 10.2 Å². The summed E-state index contributed by atoms with van der Waals surface area (Å²) in [5.74, 6) is 0.900. The largest absolute Gasteiger partial charge is 0.497 e. The van der Waals surface area contributed by atoms with Crippen molar-refractivity contribution in [2.75, 3.05) is 20.3 Å². The van der Waals surface area contributed by atoms with Gasteiger partial charge in [-0.05, 0) is 61.2 Å². The number of nitrogens with zero attached hydrogens (tertiary/aromatic N) is 1. The van der Waals surface area contributed by atoms with Crippen molar-refractivity contribution in [3.63, 3.8) is 0 Å². The van der Waals surface area contributed by atoms with Crippen LogP contribution in [0.4, 0.5) is 0 Å². The van der Waals surface area contributed by atoms with Gasteiger partial charge < -0.3 is 19.7 Å². The average Bonchev–Trinajstić information content (AvgIpc) is 2.87. The van der Waals surface area contributed by atoms with Gasteiger partial charge in [-0.3, -0.25) is 9.59 Å². The number of amides is 2. The van der Waals surface area contributed by atoms with Crippen LogP contribution < -0.4 is 14.8 Å². The average molecular weight is 475 g/mol. The zero-order chi connectivity index (χ0) is 25.2. The van der Waals surface area contributed by atoms with Crippen molar-refractivity contribution in [3.05, 3.63) is 95.1 Å². The monoisotopic (exact) mass is 474 g/mol. The van der Waals surface area contributed by atoms with Crippen LogP contribution in [0.25, 0.3) is 0 Å². The number of hydrogen-bond donors (Lipinski definition) is 1. The molecule has 1 unspecified atom stereocenters. The smallest absolute Gasteiger partial charge is 0.261 e. The van der Waals surface area contributed by atoms with Crippen LogP contribution in [0.15, 0.2) is 72.8 Å². The number of aryl methyl sites for hydroxylation is 1. The van der Waals surface area contributed by atoms with E-state index in [4.69, 9.17) is 9.47 Å². The maximum Gasteiger partial charge on any atom is 0.261 e. The lowest BCUT2D eigenvalue weighted by molar-refractivity contribution is -0.142. The SMILES string of the molecule is CCNC(=O)C(Cc1ccccc1)N(Cc1cccc(OC)c1)C(=O)COc1cccc(C)c1C. The summed E-state index contributed by atoms with van der Waals surface area (Å²) >= 11 is 0. The van der Waals surface area contributed by atoms with Gasteiger partial charge in [-0.2, -0.15) is 0 Å². The van der Waals surface area contributed by atoms with Crippen LogP contribution in [0.1, 0.15) is 29.2 Å². The third-order valence-corrected chi connectivity index (χ3v) is 6.02. The summed E-state index contributed by atoms with van der Waals surface area (Å²) in [5, 5.41) is 2.90. The Hall–Kier alpha value is -3.80. The van der Waals surface area contributed by atoms with Crippen molar-refractivity contribution >= 4 is 11.8 Å². The molecule has 3 rings (SSSR count). The molecule has 0 heterocycles. The maximum atomic E-state index is 13.6. The molecule has 6 heteroatoms. The minimum Gasteiger partial charge on any atom is -0.497 e.